The Morgan fingerprint density at radius 3 is 2.09 bits per heavy atom. The average molecular weight is 609 g/mol. The zero-order valence-corrected chi connectivity index (χ0v) is 26.6. The lowest BCUT2D eigenvalue weighted by Gasteiger charge is -2.53. The Labute approximate surface area is 265 Å². The van der Waals surface area contributed by atoms with Crippen LogP contribution in [0.2, 0.25) is 5.02 Å². The van der Waals surface area contributed by atoms with Crippen molar-refractivity contribution in [3.05, 3.63) is 93.0 Å². The maximum absolute atomic E-state index is 13.4. The standard InChI is InChI=1S/C37H41ClN4O2/c1-25-19-29-23-42(24-30(29)20-26(25)2)32-9-17-41(18-10-32)31-6-3-27(4-7-31)35(43)40-36-11-14-37(15-12-36,16-13-36)44-33-8-5-28(22-39)34(38)21-33/h3-8,19-21,32H,9-18,23-24H2,1-2H3,(H,40,43). The van der Waals surface area contributed by atoms with Crippen LogP contribution in [0.5, 0.6) is 5.75 Å². The molecule has 0 atom stereocenters. The zero-order chi connectivity index (χ0) is 30.5. The number of halogens is 1. The van der Waals surface area contributed by atoms with Crippen LogP contribution in [0.25, 0.3) is 0 Å². The van der Waals surface area contributed by atoms with Gasteiger partial charge in [0.05, 0.1) is 10.6 Å². The summed E-state index contributed by atoms with van der Waals surface area (Å²) in [7, 11) is 0. The van der Waals surface area contributed by atoms with Gasteiger partial charge in [0.25, 0.3) is 5.91 Å². The summed E-state index contributed by atoms with van der Waals surface area (Å²) >= 11 is 6.24. The molecule has 1 amide bonds. The number of anilines is 1. The maximum atomic E-state index is 13.4. The normalized spacial score (nSPS) is 25.0. The van der Waals surface area contributed by atoms with Gasteiger partial charge in [-0.1, -0.05) is 23.7 Å². The highest BCUT2D eigenvalue weighted by Crippen LogP contribution is 2.49. The van der Waals surface area contributed by atoms with Gasteiger partial charge >= 0.3 is 0 Å². The van der Waals surface area contributed by atoms with E-state index in [2.05, 4.69) is 59.3 Å². The molecule has 2 aliphatic heterocycles. The summed E-state index contributed by atoms with van der Waals surface area (Å²) in [6.45, 7) is 8.67. The van der Waals surface area contributed by atoms with E-state index in [1.165, 1.54) is 40.8 Å². The number of amides is 1. The van der Waals surface area contributed by atoms with Crippen LogP contribution < -0.4 is 15.0 Å². The third-order valence-electron chi connectivity index (χ3n) is 11.0. The van der Waals surface area contributed by atoms with Gasteiger partial charge in [0.2, 0.25) is 0 Å². The minimum absolute atomic E-state index is 0.0172. The second-order valence-corrected chi connectivity index (χ2v) is 14.1. The molecular formula is C37H41ClN4O2. The van der Waals surface area contributed by atoms with Crippen molar-refractivity contribution in [3.63, 3.8) is 0 Å². The average Bonchev–Trinajstić information content (AvgIpc) is 3.45. The molecule has 3 aromatic rings. The van der Waals surface area contributed by atoms with Gasteiger partial charge in [0.15, 0.2) is 0 Å². The molecule has 3 aliphatic carbocycles. The maximum Gasteiger partial charge on any atom is 0.251 e. The Morgan fingerprint density at radius 2 is 1.52 bits per heavy atom. The van der Waals surface area contributed by atoms with Gasteiger partial charge in [0, 0.05) is 55.1 Å². The molecule has 3 aromatic carbocycles. The molecule has 0 radical (unpaired) electrons. The minimum atomic E-state index is -0.226. The predicted molar refractivity (Wildman–Crippen MR) is 174 cm³/mol. The van der Waals surface area contributed by atoms with Crippen LogP contribution in [-0.4, -0.2) is 41.1 Å². The van der Waals surface area contributed by atoms with Crippen LogP contribution in [0.3, 0.4) is 0 Å². The molecule has 44 heavy (non-hydrogen) atoms. The van der Waals surface area contributed by atoms with Crippen LogP contribution in [0.1, 0.15) is 89.5 Å². The number of carbonyl (C=O) groups excluding carboxylic acids is 1. The fourth-order valence-corrected chi connectivity index (χ4v) is 8.21. The molecular weight excluding hydrogens is 568 g/mol. The number of fused-ring (bicyclic) bond motifs is 4. The molecule has 1 N–H and O–H groups in total. The van der Waals surface area contributed by atoms with Crippen LogP contribution in [-0.2, 0) is 13.1 Å². The van der Waals surface area contributed by atoms with Gasteiger partial charge in [-0.2, -0.15) is 5.26 Å². The van der Waals surface area contributed by atoms with Crippen molar-refractivity contribution in [2.24, 2.45) is 0 Å². The van der Waals surface area contributed by atoms with Crippen molar-refractivity contribution in [1.82, 2.24) is 10.2 Å². The highest BCUT2D eigenvalue weighted by Gasteiger charge is 2.51. The van der Waals surface area contributed by atoms with E-state index in [0.717, 1.165) is 70.3 Å². The molecule has 4 fully saturated rings. The fraction of sp³-hybridized carbons (Fsp3) is 0.459. The number of piperidine rings is 1. The summed E-state index contributed by atoms with van der Waals surface area (Å²) in [4.78, 5) is 18.5. The van der Waals surface area contributed by atoms with Gasteiger partial charge in [0.1, 0.15) is 17.4 Å². The molecule has 3 saturated carbocycles. The molecule has 1 saturated heterocycles. The molecule has 228 valence electrons. The highest BCUT2D eigenvalue weighted by molar-refractivity contribution is 6.31. The second-order valence-electron chi connectivity index (χ2n) is 13.6. The smallest absolute Gasteiger partial charge is 0.251 e. The highest BCUT2D eigenvalue weighted by atomic mass is 35.5. The Morgan fingerprint density at radius 1 is 0.909 bits per heavy atom. The van der Waals surface area contributed by atoms with E-state index in [0.29, 0.717) is 22.4 Å². The first kappa shape index (κ1) is 29.2. The monoisotopic (exact) mass is 608 g/mol. The number of hydrogen-bond donors (Lipinski definition) is 1. The van der Waals surface area contributed by atoms with E-state index in [1.54, 1.807) is 12.1 Å². The summed E-state index contributed by atoms with van der Waals surface area (Å²) in [5.41, 5.74) is 7.80. The number of nitrogens with one attached hydrogen (secondary N) is 1. The number of benzene rings is 3. The molecule has 0 unspecified atom stereocenters. The molecule has 5 aliphatic rings. The first-order valence-corrected chi connectivity index (χ1v) is 16.5. The third-order valence-corrected chi connectivity index (χ3v) is 11.3. The third kappa shape index (κ3) is 5.57. The van der Waals surface area contributed by atoms with Gasteiger partial charge < -0.3 is 15.0 Å². The Balaban J connectivity index is 0.908. The molecule has 0 spiro atoms. The summed E-state index contributed by atoms with van der Waals surface area (Å²) in [5, 5.41) is 13.0. The second kappa shape index (κ2) is 11.4. The quantitative estimate of drug-likeness (QED) is 0.314. The number of rotatable bonds is 6. The van der Waals surface area contributed by atoms with Gasteiger partial charge in [-0.25, -0.2) is 0 Å². The first-order valence-electron chi connectivity index (χ1n) is 16.1. The summed E-state index contributed by atoms with van der Waals surface area (Å²) < 4.78 is 6.46. The van der Waals surface area contributed by atoms with Crippen molar-refractivity contribution < 1.29 is 9.53 Å². The molecule has 2 heterocycles. The van der Waals surface area contributed by atoms with E-state index >= 15 is 0 Å². The Kier molecular flexibility index (Phi) is 7.59. The van der Waals surface area contributed by atoms with Crippen molar-refractivity contribution in [3.8, 4) is 11.8 Å². The van der Waals surface area contributed by atoms with Gasteiger partial charge in [-0.05, 0) is 124 Å². The number of carbonyl (C=O) groups is 1. The summed E-state index contributed by atoms with van der Waals surface area (Å²) in [6.07, 6.45) is 7.71. The number of aryl methyl sites for hydroxylation is 2. The molecule has 8 rings (SSSR count). The first-order chi connectivity index (χ1) is 21.2. The lowest BCUT2D eigenvalue weighted by atomic mass is 9.63. The molecule has 6 nitrogen and oxygen atoms in total. The van der Waals surface area contributed by atoms with Crippen molar-refractivity contribution in [2.75, 3.05) is 18.0 Å². The van der Waals surface area contributed by atoms with E-state index in [9.17, 15) is 4.79 Å². The number of hydrogen-bond acceptors (Lipinski definition) is 5. The van der Waals surface area contributed by atoms with E-state index in [1.807, 2.05) is 18.2 Å². The summed E-state index contributed by atoms with van der Waals surface area (Å²) in [5.74, 6) is 0.729. The lowest BCUT2D eigenvalue weighted by Crippen LogP contribution is -2.60. The number of nitrogens with zero attached hydrogens (tertiary/aromatic N) is 3. The van der Waals surface area contributed by atoms with Gasteiger partial charge in [-0.3, -0.25) is 9.69 Å². The lowest BCUT2D eigenvalue weighted by molar-refractivity contribution is -0.0507. The zero-order valence-electron chi connectivity index (χ0n) is 25.8. The number of nitriles is 1. The van der Waals surface area contributed by atoms with Gasteiger partial charge in [-0.15, -0.1) is 0 Å². The van der Waals surface area contributed by atoms with E-state index < -0.39 is 0 Å². The van der Waals surface area contributed by atoms with Crippen molar-refractivity contribution in [2.45, 2.75) is 95.5 Å². The fourth-order valence-electron chi connectivity index (χ4n) is 8.00. The molecule has 0 aromatic heterocycles. The Bertz CT molecular complexity index is 1560. The van der Waals surface area contributed by atoms with Crippen molar-refractivity contribution >= 4 is 23.2 Å². The number of ether oxygens (including phenoxy) is 1. The predicted octanol–water partition coefficient (Wildman–Crippen LogP) is 7.47. The van der Waals surface area contributed by atoms with E-state index in [4.69, 9.17) is 21.6 Å². The van der Waals surface area contributed by atoms with Crippen LogP contribution >= 0.6 is 11.6 Å². The van der Waals surface area contributed by atoms with Crippen LogP contribution in [0.4, 0.5) is 5.69 Å². The molecule has 7 heteroatoms. The SMILES string of the molecule is Cc1cc2c(cc1C)CN(C1CCN(c3ccc(C(=O)NC45CCC(Oc6ccc(C#N)c(Cl)c6)(CC4)CC5)cc3)CC1)C2. The van der Waals surface area contributed by atoms with Crippen LogP contribution in [0.15, 0.2) is 54.6 Å². The van der Waals surface area contributed by atoms with Crippen molar-refractivity contribution in [1.29, 1.82) is 5.26 Å². The minimum Gasteiger partial charge on any atom is -0.487 e. The largest absolute Gasteiger partial charge is 0.487 e. The molecule has 2 bridgehead atoms. The summed E-state index contributed by atoms with van der Waals surface area (Å²) in [6, 6.07) is 21.0. The van der Waals surface area contributed by atoms with Crippen LogP contribution in [0, 0.1) is 25.2 Å². The Hall–Kier alpha value is -3.53. The topological polar surface area (TPSA) is 68.6 Å². The van der Waals surface area contributed by atoms with E-state index in [-0.39, 0.29) is 17.0 Å².